The van der Waals surface area contributed by atoms with Crippen LogP contribution in [0.1, 0.15) is 100 Å². The van der Waals surface area contributed by atoms with Crippen LogP contribution in [0.5, 0.6) is 0 Å². The van der Waals surface area contributed by atoms with Gasteiger partial charge in [-0.3, -0.25) is 4.79 Å². The van der Waals surface area contributed by atoms with Gasteiger partial charge in [0.1, 0.15) is 5.60 Å². The van der Waals surface area contributed by atoms with Crippen LogP contribution in [0.2, 0.25) is 0 Å². The third kappa shape index (κ3) is 6.12. The van der Waals surface area contributed by atoms with E-state index >= 15 is 0 Å². The summed E-state index contributed by atoms with van der Waals surface area (Å²) in [5.74, 6) is 1.34. The molecule has 23 heavy (non-hydrogen) atoms. The smallest absolute Gasteiger partial charge is 0.312 e. The highest BCUT2D eigenvalue weighted by atomic mass is 16.6. The summed E-state index contributed by atoms with van der Waals surface area (Å²) in [6, 6.07) is 0. The van der Waals surface area contributed by atoms with E-state index in [0.29, 0.717) is 5.92 Å². The van der Waals surface area contributed by atoms with E-state index in [9.17, 15) is 4.79 Å². The summed E-state index contributed by atoms with van der Waals surface area (Å²) >= 11 is 0. The largest absolute Gasteiger partial charge is 0.459 e. The molecule has 0 spiro atoms. The first-order valence-corrected chi connectivity index (χ1v) is 9.63. The third-order valence-electron chi connectivity index (χ3n) is 5.57. The lowest BCUT2D eigenvalue weighted by molar-refractivity contribution is -0.177. The first-order valence-electron chi connectivity index (χ1n) is 9.63. The van der Waals surface area contributed by atoms with E-state index < -0.39 is 0 Å². The molecule has 2 nitrogen and oxygen atoms in total. The van der Waals surface area contributed by atoms with Gasteiger partial charge in [0.05, 0.1) is 5.41 Å². The summed E-state index contributed by atoms with van der Waals surface area (Å²) in [6.07, 6.45) is 7.70. The number of ether oxygens (including phenoxy) is 1. The highest BCUT2D eigenvalue weighted by molar-refractivity contribution is 5.77. The second kappa shape index (κ2) is 7.57. The van der Waals surface area contributed by atoms with Gasteiger partial charge >= 0.3 is 5.97 Å². The molecule has 2 heteroatoms. The van der Waals surface area contributed by atoms with Crippen molar-refractivity contribution in [3.63, 3.8) is 0 Å². The van der Waals surface area contributed by atoms with Crippen molar-refractivity contribution in [1.29, 1.82) is 0 Å². The molecular weight excluding hydrogens is 284 g/mol. The maximum absolute atomic E-state index is 13.0. The molecule has 1 fully saturated rings. The fraction of sp³-hybridized carbons (Fsp3) is 0.952. The molecule has 1 unspecified atom stereocenters. The van der Waals surface area contributed by atoms with Crippen molar-refractivity contribution in [2.24, 2.45) is 22.7 Å². The molecule has 0 N–H and O–H groups in total. The fourth-order valence-corrected chi connectivity index (χ4v) is 4.39. The maximum atomic E-state index is 13.0. The van der Waals surface area contributed by atoms with Gasteiger partial charge in [-0.1, -0.05) is 53.9 Å². The quantitative estimate of drug-likeness (QED) is 0.530. The minimum Gasteiger partial charge on any atom is -0.459 e. The van der Waals surface area contributed by atoms with E-state index in [2.05, 4.69) is 55.4 Å². The molecule has 1 aliphatic rings. The molecule has 0 bridgehead atoms. The minimum atomic E-state index is -0.369. The van der Waals surface area contributed by atoms with Crippen LogP contribution in [-0.4, -0.2) is 11.6 Å². The van der Waals surface area contributed by atoms with Crippen molar-refractivity contribution in [1.82, 2.24) is 0 Å². The minimum absolute atomic E-state index is 0.0119. The Balaban J connectivity index is 2.80. The van der Waals surface area contributed by atoms with Crippen LogP contribution in [0, 0.1) is 22.7 Å². The van der Waals surface area contributed by atoms with E-state index in [-0.39, 0.29) is 22.4 Å². The van der Waals surface area contributed by atoms with Crippen LogP contribution in [0.15, 0.2) is 0 Å². The van der Waals surface area contributed by atoms with Gasteiger partial charge < -0.3 is 4.74 Å². The van der Waals surface area contributed by atoms with Crippen LogP contribution in [0.25, 0.3) is 0 Å². The zero-order valence-corrected chi connectivity index (χ0v) is 16.9. The van der Waals surface area contributed by atoms with Crippen molar-refractivity contribution in [3.05, 3.63) is 0 Å². The van der Waals surface area contributed by atoms with Crippen molar-refractivity contribution in [2.75, 3.05) is 0 Å². The Morgan fingerprint density at radius 3 is 1.96 bits per heavy atom. The van der Waals surface area contributed by atoms with E-state index in [1.807, 2.05) is 0 Å². The molecule has 0 radical (unpaired) electrons. The van der Waals surface area contributed by atoms with Gasteiger partial charge in [-0.2, -0.15) is 0 Å². The summed E-state index contributed by atoms with van der Waals surface area (Å²) in [7, 11) is 0. The van der Waals surface area contributed by atoms with Gasteiger partial charge in [0.2, 0.25) is 0 Å². The zero-order valence-electron chi connectivity index (χ0n) is 16.9. The molecule has 0 aliphatic heterocycles. The lowest BCUT2D eigenvalue weighted by Crippen LogP contribution is -2.44. The molecule has 0 aromatic heterocycles. The molecule has 136 valence electrons. The summed E-state index contributed by atoms with van der Waals surface area (Å²) in [5, 5.41) is 0. The highest BCUT2D eigenvalue weighted by Gasteiger charge is 2.42. The van der Waals surface area contributed by atoms with Gasteiger partial charge in [0, 0.05) is 0 Å². The Bertz CT molecular complexity index is 383. The number of hydrogen-bond donors (Lipinski definition) is 0. The first kappa shape index (κ1) is 20.5. The molecule has 0 saturated heterocycles. The first-order chi connectivity index (χ1) is 10.4. The molecular formula is C21H40O2. The molecule has 1 atom stereocenters. The van der Waals surface area contributed by atoms with E-state index in [0.717, 1.165) is 25.2 Å². The average Bonchev–Trinajstić information content (AvgIpc) is 2.36. The monoisotopic (exact) mass is 324 g/mol. The molecule has 0 aromatic rings. The summed E-state index contributed by atoms with van der Waals surface area (Å²) in [4.78, 5) is 13.0. The zero-order chi connectivity index (χ0) is 17.9. The predicted molar refractivity (Wildman–Crippen MR) is 98.4 cm³/mol. The summed E-state index contributed by atoms with van der Waals surface area (Å²) < 4.78 is 6.14. The SMILES string of the molecule is CCCC(C)(CC(C)(C)C)C(=O)OC(C)(C)C1CCC(C)CC1. The van der Waals surface area contributed by atoms with Crippen LogP contribution >= 0.6 is 0 Å². The van der Waals surface area contributed by atoms with Gasteiger partial charge in [-0.15, -0.1) is 0 Å². The molecule has 1 rings (SSSR count). The van der Waals surface area contributed by atoms with E-state index in [1.165, 1.54) is 25.7 Å². The van der Waals surface area contributed by atoms with E-state index in [4.69, 9.17) is 4.74 Å². The molecule has 1 saturated carbocycles. The average molecular weight is 325 g/mol. The molecule has 1 aliphatic carbocycles. The molecule has 0 aromatic carbocycles. The number of rotatable bonds is 6. The Morgan fingerprint density at radius 1 is 1.00 bits per heavy atom. The van der Waals surface area contributed by atoms with Crippen LogP contribution in [-0.2, 0) is 9.53 Å². The van der Waals surface area contributed by atoms with Gasteiger partial charge in [-0.25, -0.2) is 0 Å². The normalized spacial score (nSPS) is 25.7. The number of carbonyl (C=O) groups excluding carboxylic acids is 1. The Morgan fingerprint density at radius 2 is 1.52 bits per heavy atom. The second-order valence-corrected chi connectivity index (χ2v) is 10.00. The Labute approximate surface area is 144 Å². The number of hydrogen-bond acceptors (Lipinski definition) is 2. The molecule has 0 amide bonds. The Kier molecular flexibility index (Phi) is 6.75. The van der Waals surface area contributed by atoms with Crippen molar-refractivity contribution < 1.29 is 9.53 Å². The number of carbonyl (C=O) groups is 1. The van der Waals surface area contributed by atoms with Crippen molar-refractivity contribution >= 4 is 5.97 Å². The standard InChI is InChI=1S/C21H40O2/c1-9-14-21(8,15-19(3,4)5)18(22)23-20(6,7)17-12-10-16(2)11-13-17/h16-17H,9-15H2,1-8H3. The van der Waals surface area contributed by atoms with Crippen molar-refractivity contribution in [2.45, 2.75) is 106 Å². The summed E-state index contributed by atoms with van der Waals surface area (Å²) in [6.45, 7) is 17.5. The lowest BCUT2D eigenvalue weighted by Gasteiger charge is -2.41. The fourth-order valence-electron chi connectivity index (χ4n) is 4.39. The van der Waals surface area contributed by atoms with Gasteiger partial charge in [0.15, 0.2) is 0 Å². The van der Waals surface area contributed by atoms with Crippen LogP contribution in [0.3, 0.4) is 0 Å². The number of esters is 1. The van der Waals surface area contributed by atoms with Gasteiger partial charge in [0.25, 0.3) is 0 Å². The van der Waals surface area contributed by atoms with Gasteiger partial charge in [-0.05, 0) is 63.7 Å². The maximum Gasteiger partial charge on any atom is 0.312 e. The predicted octanol–water partition coefficient (Wildman–Crippen LogP) is 6.38. The molecule has 0 heterocycles. The highest BCUT2D eigenvalue weighted by Crippen LogP contribution is 2.42. The Hall–Kier alpha value is -0.530. The third-order valence-corrected chi connectivity index (χ3v) is 5.57. The van der Waals surface area contributed by atoms with E-state index in [1.54, 1.807) is 0 Å². The lowest BCUT2D eigenvalue weighted by atomic mass is 9.72. The second-order valence-electron chi connectivity index (χ2n) is 10.00. The van der Waals surface area contributed by atoms with Crippen LogP contribution in [0.4, 0.5) is 0 Å². The summed E-state index contributed by atoms with van der Waals surface area (Å²) in [5.41, 5.74) is -0.580. The van der Waals surface area contributed by atoms with Crippen LogP contribution < -0.4 is 0 Å². The topological polar surface area (TPSA) is 26.3 Å². The van der Waals surface area contributed by atoms with Crippen molar-refractivity contribution in [3.8, 4) is 0 Å².